The number of ether oxygens (including phenoxy) is 2. The molecular weight excluding hydrogens is 348 g/mol. The third-order valence-corrected chi connectivity index (χ3v) is 5.30. The largest absolute Gasteiger partial charge is 0.494 e. The van der Waals surface area contributed by atoms with Gasteiger partial charge < -0.3 is 9.47 Å². The number of Topliss-reactive ketones (excluding diaryl/α,β-unsaturated/α-hetero) is 1. The maximum atomic E-state index is 12.8. The summed E-state index contributed by atoms with van der Waals surface area (Å²) in [5.41, 5.74) is 3.88. The van der Waals surface area contributed by atoms with Crippen molar-refractivity contribution in [3.05, 3.63) is 52.8 Å². The molecule has 0 radical (unpaired) electrons. The first-order valence-corrected chi connectivity index (χ1v) is 10.8. The summed E-state index contributed by atoms with van der Waals surface area (Å²) in [5.74, 6) is 1.33. The number of hydrogen-bond donors (Lipinski definition) is 0. The average Bonchev–Trinajstić information content (AvgIpc) is 3.08. The van der Waals surface area contributed by atoms with Crippen molar-refractivity contribution < 1.29 is 14.3 Å². The van der Waals surface area contributed by atoms with Crippen molar-refractivity contribution in [2.24, 2.45) is 0 Å². The Balaban J connectivity index is 1.59. The molecule has 0 fully saturated rings. The minimum atomic E-state index is -0.00678. The zero-order valence-corrected chi connectivity index (χ0v) is 17.3. The van der Waals surface area contributed by atoms with E-state index in [0.717, 1.165) is 53.9 Å². The van der Waals surface area contributed by atoms with Gasteiger partial charge in [0.2, 0.25) is 5.78 Å². The van der Waals surface area contributed by atoms with Gasteiger partial charge >= 0.3 is 0 Å². The zero-order valence-electron chi connectivity index (χ0n) is 17.3. The van der Waals surface area contributed by atoms with Crippen molar-refractivity contribution in [2.75, 3.05) is 13.2 Å². The standard InChI is InChI=1S/C25H32O3/c1-3-5-7-8-10-16-28-24-14-13-22-21-12-11-20(27-15-9-6-4-2)17-19(21)18-23(22)25(24)26/h11-14,17-18H,3-10,15-16H2,1-2H3. The van der Waals surface area contributed by atoms with Crippen molar-refractivity contribution >= 4 is 17.4 Å². The van der Waals surface area contributed by atoms with E-state index < -0.39 is 0 Å². The van der Waals surface area contributed by atoms with E-state index in [-0.39, 0.29) is 5.78 Å². The fourth-order valence-electron chi connectivity index (χ4n) is 3.65. The maximum absolute atomic E-state index is 12.8. The summed E-state index contributed by atoms with van der Waals surface area (Å²) in [7, 11) is 0. The molecule has 2 aliphatic rings. The lowest BCUT2D eigenvalue weighted by Gasteiger charge is -2.15. The Kier molecular flexibility index (Phi) is 7.53. The smallest absolute Gasteiger partial charge is 0.228 e. The van der Waals surface area contributed by atoms with Crippen LogP contribution in [0.3, 0.4) is 0 Å². The number of carbonyl (C=O) groups excluding carboxylic acids is 1. The summed E-state index contributed by atoms with van der Waals surface area (Å²) in [5, 5.41) is 0. The molecule has 28 heavy (non-hydrogen) atoms. The first kappa shape index (κ1) is 20.4. The molecule has 0 heterocycles. The fourth-order valence-corrected chi connectivity index (χ4v) is 3.65. The van der Waals surface area contributed by atoms with E-state index >= 15 is 0 Å². The highest BCUT2D eigenvalue weighted by Crippen LogP contribution is 2.40. The Labute approximate surface area is 169 Å². The van der Waals surface area contributed by atoms with Gasteiger partial charge in [-0.05, 0) is 59.9 Å². The second-order valence-electron chi connectivity index (χ2n) is 7.57. The van der Waals surface area contributed by atoms with Gasteiger partial charge in [-0.3, -0.25) is 4.79 Å². The van der Waals surface area contributed by atoms with Crippen LogP contribution in [-0.2, 0) is 9.53 Å². The number of benzene rings is 1. The van der Waals surface area contributed by atoms with Crippen LogP contribution in [0.25, 0.3) is 11.6 Å². The second-order valence-corrected chi connectivity index (χ2v) is 7.57. The molecule has 2 aliphatic carbocycles. The molecule has 0 saturated heterocycles. The third-order valence-electron chi connectivity index (χ3n) is 5.30. The van der Waals surface area contributed by atoms with Gasteiger partial charge in [-0.2, -0.15) is 0 Å². The van der Waals surface area contributed by atoms with Crippen molar-refractivity contribution in [1.29, 1.82) is 0 Å². The van der Waals surface area contributed by atoms with Crippen LogP contribution in [0.15, 0.2) is 41.7 Å². The van der Waals surface area contributed by atoms with Gasteiger partial charge in [-0.1, -0.05) is 58.4 Å². The van der Waals surface area contributed by atoms with Crippen molar-refractivity contribution in [2.45, 2.75) is 65.2 Å². The Morgan fingerprint density at radius 3 is 2.32 bits per heavy atom. The average molecular weight is 381 g/mol. The lowest BCUT2D eigenvalue weighted by atomic mass is 9.95. The highest BCUT2D eigenvalue weighted by Gasteiger charge is 2.29. The minimum Gasteiger partial charge on any atom is -0.494 e. The van der Waals surface area contributed by atoms with Crippen molar-refractivity contribution in [3.63, 3.8) is 0 Å². The van der Waals surface area contributed by atoms with Crippen LogP contribution in [0.4, 0.5) is 0 Å². The summed E-state index contributed by atoms with van der Waals surface area (Å²) in [6, 6.07) is 6.09. The molecule has 0 saturated carbocycles. The van der Waals surface area contributed by atoms with Gasteiger partial charge in [0, 0.05) is 5.57 Å². The number of carbonyl (C=O) groups is 1. The monoisotopic (exact) mass is 380 g/mol. The summed E-state index contributed by atoms with van der Waals surface area (Å²) < 4.78 is 11.6. The molecule has 0 amide bonds. The highest BCUT2D eigenvalue weighted by atomic mass is 16.5. The highest BCUT2D eigenvalue weighted by molar-refractivity contribution is 6.25. The fraction of sp³-hybridized carbons (Fsp3) is 0.480. The van der Waals surface area contributed by atoms with E-state index in [9.17, 15) is 4.79 Å². The molecule has 0 atom stereocenters. The van der Waals surface area contributed by atoms with Crippen LogP contribution >= 0.6 is 0 Å². The summed E-state index contributed by atoms with van der Waals surface area (Å²) in [6.07, 6.45) is 15.1. The Morgan fingerprint density at radius 2 is 1.50 bits per heavy atom. The van der Waals surface area contributed by atoms with E-state index in [1.54, 1.807) is 0 Å². The maximum Gasteiger partial charge on any atom is 0.228 e. The number of ketones is 1. The Bertz CT molecular complexity index is 783. The Morgan fingerprint density at radius 1 is 0.786 bits per heavy atom. The van der Waals surface area contributed by atoms with Gasteiger partial charge in [0.05, 0.1) is 13.2 Å². The van der Waals surface area contributed by atoms with E-state index in [0.29, 0.717) is 12.4 Å². The summed E-state index contributed by atoms with van der Waals surface area (Å²) in [6.45, 7) is 5.75. The van der Waals surface area contributed by atoms with Crippen LogP contribution in [0.1, 0.15) is 76.3 Å². The van der Waals surface area contributed by atoms with Crippen LogP contribution in [0, 0.1) is 0 Å². The molecule has 150 valence electrons. The lowest BCUT2D eigenvalue weighted by Crippen LogP contribution is -2.12. The zero-order chi connectivity index (χ0) is 19.8. The molecule has 0 aliphatic heterocycles. The molecule has 0 aromatic heterocycles. The quantitative estimate of drug-likeness (QED) is 0.389. The molecule has 1 aromatic rings. The third kappa shape index (κ3) is 4.95. The normalized spacial score (nSPS) is 14.8. The first-order valence-electron chi connectivity index (χ1n) is 10.8. The molecule has 1 aromatic carbocycles. The molecule has 0 N–H and O–H groups in total. The van der Waals surface area contributed by atoms with Gasteiger partial charge in [-0.25, -0.2) is 0 Å². The van der Waals surface area contributed by atoms with Crippen LogP contribution in [0.2, 0.25) is 0 Å². The van der Waals surface area contributed by atoms with Crippen LogP contribution < -0.4 is 4.74 Å². The van der Waals surface area contributed by atoms with Crippen molar-refractivity contribution in [3.8, 4) is 5.75 Å². The van der Waals surface area contributed by atoms with Gasteiger partial charge in [-0.15, -0.1) is 0 Å². The Hall–Kier alpha value is -2.29. The minimum absolute atomic E-state index is 0.00678. The van der Waals surface area contributed by atoms with E-state index in [1.165, 1.54) is 32.1 Å². The molecule has 0 bridgehead atoms. The molecule has 3 heteroatoms. The lowest BCUT2D eigenvalue weighted by molar-refractivity contribution is -0.115. The number of allylic oxidation sites excluding steroid dienone is 4. The predicted octanol–water partition coefficient (Wildman–Crippen LogP) is 6.49. The van der Waals surface area contributed by atoms with E-state index in [2.05, 4.69) is 19.9 Å². The molecule has 3 rings (SSSR count). The van der Waals surface area contributed by atoms with Gasteiger partial charge in [0.1, 0.15) is 5.75 Å². The summed E-state index contributed by atoms with van der Waals surface area (Å²) in [4.78, 5) is 12.8. The first-order chi connectivity index (χ1) is 13.7. The summed E-state index contributed by atoms with van der Waals surface area (Å²) >= 11 is 0. The van der Waals surface area contributed by atoms with Crippen LogP contribution in [-0.4, -0.2) is 19.0 Å². The number of fused-ring (bicyclic) bond motifs is 3. The van der Waals surface area contributed by atoms with E-state index in [1.807, 2.05) is 30.4 Å². The number of unbranched alkanes of at least 4 members (excludes halogenated alkanes) is 6. The SMILES string of the molecule is CCCCCCCOC1=CC=C2C(=Cc3cc(OCCCCC)ccc32)C1=O. The predicted molar refractivity (Wildman–Crippen MR) is 115 cm³/mol. The molecule has 0 unspecified atom stereocenters. The van der Waals surface area contributed by atoms with Crippen molar-refractivity contribution in [1.82, 2.24) is 0 Å². The van der Waals surface area contributed by atoms with Gasteiger partial charge in [0.15, 0.2) is 5.76 Å². The topological polar surface area (TPSA) is 35.5 Å². The number of rotatable bonds is 12. The van der Waals surface area contributed by atoms with Crippen LogP contribution in [0.5, 0.6) is 5.75 Å². The van der Waals surface area contributed by atoms with Gasteiger partial charge in [0.25, 0.3) is 0 Å². The van der Waals surface area contributed by atoms with E-state index in [4.69, 9.17) is 9.47 Å². The molecule has 3 nitrogen and oxygen atoms in total. The molecular formula is C25H32O3. The second kappa shape index (κ2) is 10.3. The number of hydrogen-bond acceptors (Lipinski definition) is 3. The molecule has 0 spiro atoms.